The quantitative estimate of drug-likeness (QED) is 0.530. The van der Waals surface area contributed by atoms with Crippen molar-refractivity contribution in [3.63, 3.8) is 0 Å². The number of ether oxygens (including phenoxy) is 1. The summed E-state index contributed by atoms with van der Waals surface area (Å²) in [4.78, 5) is 2.44. The van der Waals surface area contributed by atoms with Crippen molar-refractivity contribution in [1.82, 2.24) is 15.5 Å². The van der Waals surface area contributed by atoms with Crippen LogP contribution in [0.4, 0.5) is 0 Å². The first-order chi connectivity index (χ1) is 6.43. The summed E-state index contributed by atoms with van der Waals surface area (Å²) in [5.41, 5.74) is 0. The minimum Gasteiger partial charge on any atom is -0.379 e. The van der Waals surface area contributed by atoms with Crippen LogP contribution >= 0.6 is 0 Å². The van der Waals surface area contributed by atoms with Gasteiger partial charge in [0, 0.05) is 39.3 Å². The average molecular weight is 187 g/mol. The largest absolute Gasteiger partial charge is 0.379 e. The number of likely N-dealkylation sites (N-methyl/N-ethyl adjacent to an activating group) is 1. The predicted octanol–water partition coefficient (Wildman–Crippen LogP) is -0.872. The lowest BCUT2D eigenvalue weighted by Gasteiger charge is -2.26. The Bertz CT molecular complexity index is 115. The molecule has 1 fully saturated rings. The highest BCUT2D eigenvalue weighted by atomic mass is 16.5. The SMILES string of the molecule is CNCCNCCN1CCOCC1. The van der Waals surface area contributed by atoms with Crippen molar-refractivity contribution in [2.24, 2.45) is 0 Å². The maximum Gasteiger partial charge on any atom is 0.0594 e. The molecule has 0 aromatic heterocycles. The molecule has 2 N–H and O–H groups in total. The first-order valence-electron chi connectivity index (χ1n) is 5.09. The van der Waals surface area contributed by atoms with Gasteiger partial charge in [-0.3, -0.25) is 4.90 Å². The highest BCUT2D eigenvalue weighted by Crippen LogP contribution is 1.94. The van der Waals surface area contributed by atoms with Gasteiger partial charge in [0.2, 0.25) is 0 Å². The molecule has 1 heterocycles. The van der Waals surface area contributed by atoms with Crippen LogP contribution in [0, 0.1) is 0 Å². The Morgan fingerprint density at radius 2 is 1.92 bits per heavy atom. The van der Waals surface area contributed by atoms with Gasteiger partial charge in [-0.25, -0.2) is 0 Å². The standard InChI is InChI=1S/C9H21N3O/c1-10-2-3-11-4-5-12-6-8-13-9-7-12/h10-11H,2-9H2,1H3. The molecule has 1 rings (SSSR count). The number of hydrogen-bond acceptors (Lipinski definition) is 4. The summed E-state index contributed by atoms with van der Waals surface area (Å²) >= 11 is 0. The monoisotopic (exact) mass is 187 g/mol. The molecule has 13 heavy (non-hydrogen) atoms. The molecular weight excluding hydrogens is 166 g/mol. The topological polar surface area (TPSA) is 36.5 Å². The van der Waals surface area contributed by atoms with Gasteiger partial charge in [0.1, 0.15) is 0 Å². The van der Waals surface area contributed by atoms with Gasteiger partial charge in [-0.15, -0.1) is 0 Å². The third-order valence-electron chi connectivity index (χ3n) is 2.26. The first kappa shape index (κ1) is 10.9. The maximum atomic E-state index is 5.27. The molecule has 0 radical (unpaired) electrons. The second-order valence-corrected chi connectivity index (χ2v) is 3.31. The van der Waals surface area contributed by atoms with Crippen molar-refractivity contribution < 1.29 is 4.74 Å². The van der Waals surface area contributed by atoms with Crippen LogP contribution in [0.15, 0.2) is 0 Å². The lowest BCUT2D eigenvalue weighted by Crippen LogP contribution is -2.41. The molecule has 1 aliphatic rings. The first-order valence-corrected chi connectivity index (χ1v) is 5.09. The fraction of sp³-hybridized carbons (Fsp3) is 1.00. The third kappa shape index (κ3) is 5.21. The molecule has 1 aliphatic heterocycles. The van der Waals surface area contributed by atoms with Crippen molar-refractivity contribution in [3.8, 4) is 0 Å². The van der Waals surface area contributed by atoms with Gasteiger partial charge in [0.05, 0.1) is 13.2 Å². The highest BCUT2D eigenvalue weighted by Gasteiger charge is 2.08. The molecule has 0 aromatic carbocycles. The zero-order valence-electron chi connectivity index (χ0n) is 8.51. The van der Waals surface area contributed by atoms with E-state index in [2.05, 4.69) is 15.5 Å². The van der Waals surface area contributed by atoms with Crippen LogP contribution in [-0.2, 0) is 4.74 Å². The van der Waals surface area contributed by atoms with Crippen LogP contribution in [0.25, 0.3) is 0 Å². The highest BCUT2D eigenvalue weighted by molar-refractivity contribution is 4.63. The van der Waals surface area contributed by atoms with Crippen molar-refractivity contribution >= 4 is 0 Å². The molecule has 0 amide bonds. The minimum atomic E-state index is 0.899. The number of rotatable bonds is 6. The molecule has 0 atom stereocenters. The van der Waals surface area contributed by atoms with Gasteiger partial charge in [-0.2, -0.15) is 0 Å². The second kappa shape index (κ2) is 7.26. The van der Waals surface area contributed by atoms with Crippen molar-refractivity contribution in [2.45, 2.75) is 0 Å². The van der Waals surface area contributed by atoms with E-state index in [1.807, 2.05) is 7.05 Å². The van der Waals surface area contributed by atoms with E-state index >= 15 is 0 Å². The lowest BCUT2D eigenvalue weighted by molar-refractivity contribution is 0.0385. The molecular formula is C9H21N3O. The number of nitrogens with one attached hydrogen (secondary N) is 2. The molecule has 0 bridgehead atoms. The summed E-state index contributed by atoms with van der Waals surface area (Å²) in [6.07, 6.45) is 0. The molecule has 1 saturated heterocycles. The van der Waals surface area contributed by atoms with E-state index in [0.717, 1.165) is 52.5 Å². The van der Waals surface area contributed by atoms with E-state index in [9.17, 15) is 0 Å². The van der Waals surface area contributed by atoms with E-state index in [1.54, 1.807) is 0 Å². The van der Waals surface area contributed by atoms with Crippen LogP contribution < -0.4 is 10.6 Å². The van der Waals surface area contributed by atoms with E-state index < -0.39 is 0 Å². The predicted molar refractivity (Wildman–Crippen MR) is 54.1 cm³/mol. The molecule has 0 aromatic rings. The van der Waals surface area contributed by atoms with Gasteiger partial charge >= 0.3 is 0 Å². The molecule has 78 valence electrons. The summed E-state index contributed by atoms with van der Waals surface area (Å²) < 4.78 is 5.27. The summed E-state index contributed by atoms with van der Waals surface area (Å²) in [7, 11) is 1.98. The normalized spacial score (nSPS) is 19.2. The van der Waals surface area contributed by atoms with Crippen molar-refractivity contribution in [1.29, 1.82) is 0 Å². The molecule has 0 spiro atoms. The Morgan fingerprint density at radius 1 is 1.15 bits per heavy atom. The Labute approximate surface area is 80.6 Å². The molecule has 4 nitrogen and oxygen atoms in total. The number of morpholine rings is 1. The molecule has 0 saturated carbocycles. The third-order valence-corrected chi connectivity index (χ3v) is 2.26. The number of hydrogen-bond donors (Lipinski definition) is 2. The molecule has 4 heteroatoms. The van der Waals surface area contributed by atoms with Gasteiger partial charge in [0.25, 0.3) is 0 Å². The second-order valence-electron chi connectivity index (χ2n) is 3.31. The van der Waals surface area contributed by atoms with Crippen molar-refractivity contribution in [2.75, 3.05) is 59.5 Å². The summed E-state index contributed by atoms with van der Waals surface area (Å²) in [5, 5.41) is 6.50. The Kier molecular flexibility index (Phi) is 6.10. The van der Waals surface area contributed by atoms with Crippen LogP contribution in [-0.4, -0.2) is 64.4 Å². The lowest BCUT2D eigenvalue weighted by atomic mass is 10.4. The summed E-state index contributed by atoms with van der Waals surface area (Å²) in [6, 6.07) is 0. The fourth-order valence-electron chi connectivity index (χ4n) is 1.40. The van der Waals surface area contributed by atoms with Gasteiger partial charge in [-0.05, 0) is 7.05 Å². The van der Waals surface area contributed by atoms with E-state index in [4.69, 9.17) is 4.74 Å². The summed E-state index contributed by atoms with van der Waals surface area (Å²) in [5.74, 6) is 0. The van der Waals surface area contributed by atoms with E-state index in [0.29, 0.717) is 0 Å². The molecule has 0 aliphatic carbocycles. The molecule has 0 unspecified atom stereocenters. The van der Waals surface area contributed by atoms with Crippen LogP contribution in [0.3, 0.4) is 0 Å². The van der Waals surface area contributed by atoms with Crippen LogP contribution in [0.5, 0.6) is 0 Å². The zero-order valence-corrected chi connectivity index (χ0v) is 8.51. The van der Waals surface area contributed by atoms with Crippen LogP contribution in [0.2, 0.25) is 0 Å². The van der Waals surface area contributed by atoms with E-state index in [-0.39, 0.29) is 0 Å². The van der Waals surface area contributed by atoms with Crippen LogP contribution in [0.1, 0.15) is 0 Å². The van der Waals surface area contributed by atoms with Gasteiger partial charge < -0.3 is 15.4 Å². The Hall–Kier alpha value is -0.160. The van der Waals surface area contributed by atoms with E-state index in [1.165, 1.54) is 0 Å². The smallest absolute Gasteiger partial charge is 0.0594 e. The minimum absolute atomic E-state index is 0.899. The Balaban J connectivity index is 1.86. The Morgan fingerprint density at radius 3 is 2.62 bits per heavy atom. The zero-order chi connectivity index (χ0) is 9.36. The fourth-order valence-corrected chi connectivity index (χ4v) is 1.40. The van der Waals surface area contributed by atoms with Gasteiger partial charge in [0.15, 0.2) is 0 Å². The maximum absolute atomic E-state index is 5.27. The van der Waals surface area contributed by atoms with Crippen molar-refractivity contribution in [3.05, 3.63) is 0 Å². The van der Waals surface area contributed by atoms with Gasteiger partial charge in [-0.1, -0.05) is 0 Å². The number of nitrogens with zero attached hydrogens (tertiary/aromatic N) is 1. The summed E-state index contributed by atoms with van der Waals surface area (Å²) in [6.45, 7) is 8.31. The average Bonchev–Trinajstić information content (AvgIpc) is 2.19.